The van der Waals surface area contributed by atoms with Crippen molar-refractivity contribution in [3.63, 3.8) is 0 Å². The summed E-state index contributed by atoms with van der Waals surface area (Å²) < 4.78 is 37.7. The molecule has 0 unspecified atom stereocenters. The molecule has 0 heterocycles. The van der Waals surface area contributed by atoms with Gasteiger partial charge in [-0.3, -0.25) is 4.79 Å². The van der Waals surface area contributed by atoms with Crippen molar-refractivity contribution in [2.24, 2.45) is 0 Å². The lowest BCUT2D eigenvalue weighted by atomic mass is 9.93. The van der Waals surface area contributed by atoms with Crippen LogP contribution in [0.5, 0.6) is 0 Å². The number of benzene rings is 1. The van der Waals surface area contributed by atoms with Gasteiger partial charge in [-0.1, -0.05) is 18.2 Å². The van der Waals surface area contributed by atoms with Gasteiger partial charge in [0.05, 0.1) is 11.0 Å². The molecule has 1 fully saturated rings. The normalized spacial score (nSPS) is 17.6. The summed E-state index contributed by atoms with van der Waals surface area (Å²) in [6.07, 6.45) is -3.16. The molecule has 1 aliphatic rings. The first-order valence-corrected chi connectivity index (χ1v) is 5.30. The number of rotatable bonds is 2. The number of nitrogens with one attached hydrogen (secondary N) is 1. The van der Waals surface area contributed by atoms with Gasteiger partial charge in [0.1, 0.15) is 0 Å². The number of hydrogen-bond donors (Lipinski definition) is 1. The average Bonchev–Trinajstić information content (AvgIpc) is 3.08. The Labute approximate surface area is 96.8 Å². The van der Waals surface area contributed by atoms with Crippen molar-refractivity contribution in [1.82, 2.24) is 5.32 Å². The Bertz CT molecular complexity index is 449. The van der Waals surface area contributed by atoms with Gasteiger partial charge in [0.15, 0.2) is 0 Å². The van der Waals surface area contributed by atoms with Crippen LogP contribution in [0.3, 0.4) is 0 Å². The number of alkyl halides is 3. The van der Waals surface area contributed by atoms with E-state index in [4.69, 9.17) is 0 Å². The fourth-order valence-electron chi connectivity index (χ4n) is 2.00. The summed E-state index contributed by atoms with van der Waals surface area (Å²) in [5.41, 5.74) is -0.993. The van der Waals surface area contributed by atoms with E-state index in [-0.39, 0.29) is 5.91 Å². The summed E-state index contributed by atoms with van der Waals surface area (Å²) in [6, 6.07) is 5.02. The zero-order chi connectivity index (χ0) is 12.7. The molecule has 1 N–H and O–H groups in total. The molecule has 1 aromatic carbocycles. The molecule has 0 radical (unpaired) electrons. The third-order valence-corrected chi connectivity index (χ3v) is 3.15. The van der Waals surface area contributed by atoms with E-state index < -0.39 is 17.2 Å². The third-order valence-electron chi connectivity index (χ3n) is 3.15. The van der Waals surface area contributed by atoms with Crippen molar-refractivity contribution in [3.05, 3.63) is 35.4 Å². The van der Waals surface area contributed by atoms with E-state index in [0.29, 0.717) is 18.4 Å². The first-order chi connectivity index (χ1) is 7.90. The zero-order valence-electron chi connectivity index (χ0n) is 9.27. The van der Waals surface area contributed by atoms with Crippen LogP contribution in [-0.4, -0.2) is 13.0 Å². The lowest BCUT2D eigenvalue weighted by Crippen LogP contribution is -2.32. The highest BCUT2D eigenvalue weighted by Gasteiger charge is 2.51. The predicted octanol–water partition coefficient (Wildman–Crippen LogP) is 2.48. The van der Waals surface area contributed by atoms with Crippen LogP contribution in [0.1, 0.15) is 24.0 Å². The highest BCUT2D eigenvalue weighted by Crippen LogP contribution is 2.49. The number of hydrogen-bond acceptors (Lipinski definition) is 1. The van der Waals surface area contributed by atoms with E-state index >= 15 is 0 Å². The first-order valence-electron chi connectivity index (χ1n) is 5.30. The van der Waals surface area contributed by atoms with Crippen LogP contribution >= 0.6 is 0 Å². The summed E-state index contributed by atoms with van der Waals surface area (Å²) in [5, 5.41) is 2.50. The maximum absolute atomic E-state index is 12.6. The fraction of sp³-hybridized carbons (Fsp3) is 0.417. The fourth-order valence-corrected chi connectivity index (χ4v) is 2.00. The summed E-state index contributed by atoms with van der Waals surface area (Å²) in [7, 11) is 1.50. The predicted molar refractivity (Wildman–Crippen MR) is 56.4 cm³/mol. The molecule has 2 rings (SSSR count). The van der Waals surface area contributed by atoms with Crippen molar-refractivity contribution < 1.29 is 18.0 Å². The Morgan fingerprint density at radius 3 is 2.47 bits per heavy atom. The third kappa shape index (κ3) is 2.01. The monoisotopic (exact) mass is 243 g/mol. The SMILES string of the molecule is CNC(=O)C1(c2cccc(C(F)(F)F)c2)CC1. The number of amides is 1. The van der Waals surface area contributed by atoms with E-state index in [1.807, 2.05) is 0 Å². The van der Waals surface area contributed by atoms with Gasteiger partial charge in [0, 0.05) is 7.05 Å². The molecular formula is C12H12F3NO. The van der Waals surface area contributed by atoms with Gasteiger partial charge in [-0.05, 0) is 24.5 Å². The molecule has 1 aromatic rings. The lowest BCUT2D eigenvalue weighted by Gasteiger charge is -2.15. The maximum Gasteiger partial charge on any atom is 0.416 e. The molecule has 2 nitrogen and oxygen atoms in total. The van der Waals surface area contributed by atoms with E-state index in [0.717, 1.165) is 12.1 Å². The molecular weight excluding hydrogens is 231 g/mol. The number of carbonyl (C=O) groups excluding carboxylic acids is 1. The standard InChI is InChI=1S/C12H12F3NO/c1-16-10(17)11(5-6-11)8-3-2-4-9(7-8)12(13,14)15/h2-4,7H,5-6H2,1H3,(H,16,17). The number of halogens is 3. The summed E-state index contributed by atoms with van der Waals surface area (Å²) in [4.78, 5) is 11.7. The average molecular weight is 243 g/mol. The van der Waals surface area contributed by atoms with Gasteiger partial charge < -0.3 is 5.32 Å². The van der Waals surface area contributed by atoms with Crippen LogP contribution < -0.4 is 5.32 Å². The van der Waals surface area contributed by atoms with Crippen LogP contribution in [0.2, 0.25) is 0 Å². The van der Waals surface area contributed by atoms with Crippen molar-refractivity contribution >= 4 is 5.91 Å². The Morgan fingerprint density at radius 2 is 2.00 bits per heavy atom. The molecule has 17 heavy (non-hydrogen) atoms. The molecule has 0 aliphatic heterocycles. The topological polar surface area (TPSA) is 29.1 Å². The first kappa shape index (κ1) is 12.0. The van der Waals surface area contributed by atoms with Gasteiger partial charge in [-0.15, -0.1) is 0 Å². The van der Waals surface area contributed by atoms with Crippen LogP contribution in [0, 0.1) is 0 Å². The summed E-state index contributed by atoms with van der Waals surface area (Å²) in [5.74, 6) is -0.211. The minimum absolute atomic E-state index is 0.211. The van der Waals surface area contributed by atoms with Crippen LogP contribution in [0.25, 0.3) is 0 Å². The second kappa shape index (κ2) is 3.75. The van der Waals surface area contributed by atoms with Crippen LogP contribution in [0.4, 0.5) is 13.2 Å². The minimum Gasteiger partial charge on any atom is -0.358 e. The summed E-state index contributed by atoms with van der Waals surface area (Å²) in [6.45, 7) is 0. The minimum atomic E-state index is -4.37. The smallest absolute Gasteiger partial charge is 0.358 e. The molecule has 0 spiro atoms. The van der Waals surface area contributed by atoms with Crippen molar-refractivity contribution in [3.8, 4) is 0 Å². The largest absolute Gasteiger partial charge is 0.416 e. The molecule has 0 atom stereocenters. The Kier molecular flexibility index (Phi) is 2.64. The lowest BCUT2D eigenvalue weighted by molar-refractivity contribution is -0.137. The molecule has 0 bridgehead atoms. The van der Waals surface area contributed by atoms with Crippen LogP contribution in [0.15, 0.2) is 24.3 Å². The molecule has 0 saturated heterocycles. The molecule has 5 heteroatoms. The number of likely N-dealkylation sites (N-methyl/N-ethyl adjacent to an activating group) is 1. The van der Waals surface area contributed by atoms with Crippen molar-refractivity contribution in [2.45, 2.75) is 24.4 Å². The van der Waals surface area contributed by atoms with Gasteiger partial charge in [0.2, 0.25) is 5.91 Å². The van der Waals surface area contributed by atoms with Gasteiger partial charge >= 0.3 is 6.18 Å². The quantitative estimate of drug-likeness (QED) is 0.849. The van der Waals surface area contributed by atoms with Crippen molar-refractivity contribution in [2.75, 3.05) is 7.05 Å². The molecule has 0 aromatic heterocycles. The van der Waals surface area contributed by atoms with E-state index in [2.05, 4.69) is 5.32 Å². The van der Waals surface area contributed by atoms with E-state index in [9.17, 15) is 18.0 Å². The second-order valence-electron chi connectivity index (χ2n) is 4.24. The van der Waals surface area contributed by atoms with Gasteiger partial charge in [-0.2, -0.15) is 13.2 Å². The van der Waals surface area contributed by atoms with Crippen LogP contribution in [-0.2, 0) is 16.4 Å². The molecule has 1 aliphatic carbocycles. The van der Waals surface area contributed by atoms with Gasteiger partial charge in [0.25, 0.3) is 0 Å². The van der Waals surface area contributed by atoms with Crippen molar-refractivity contribution in [1.29, 1.82) is 0 Å². The molecule has 1 amide bonds. The summed E-state index contributed by atoms with van der Waals surface area (Å²) >= 11 is 0. The maximum atomic E-state index is 12.6. The molecule has 1 saturated carbocycles. The second-order valence-corrected chi connectivity index (χ2v) is 4.24. The van der Waals surface area contributed by atoms with Gasteiger partial charge in [-0.25, -0.2) is 0 Å². The highest BCUT2D eigenvalue weighted by atomic mass is 19.4. The molecule has 92 valence electrons. The van der Waals surface area contributed by atoms with E-state index in [1.165, 1.54) is 13.1 Å². The van der Waals surface area contributed by atoms with E-state index in [1.54, 1.807) is 6.07 Å². The highest BCUT2D eigenvalue weighted by molar-refractivity contribution is 5.91. The Morgan fingerprint density at radius 1 is 1.35 bits per heavy atom. The zero-order valence-corrected chi connectivity index (χ0v) is 9.27. The number of carbonyl (C=O) groups is 1. The Balaban J connectivity index is 2.38. The Hall–Kier alpha value is -1.52.